The Kier molecular flexibility index (Phi) is 5.75. The molecule has 2 nitrogen and oxygen atoms in total. The molecular formula is C20H24N2. The van der Waals surface area contributed by atoms with Gasteiger partial charge >= 0.3 is 0 Å². The fourth-order valence-electron chi connectivity index (χ4n) is 2.64. The average molecular weight is 292 g/mol. The summed E-state index contributed by atoms with van der Waals surface area (Å²) in [5, 5.41) is 9.65. The quantitative estimate of drug-likeness (QED) is 0.757. The van der Waals surface area contributed by atoms with Crippen LogP contribution in [0, 0.1) is 11.3 Å². The molecule has 2 rings (SSSR count). The third-order valence-corrected chi connectivity index (χ3v) is 4.28. The molecule has 0 fully saturated rings. The van der Waals surface area contributed by atoms with Gasteiger partial charge in [0, 0.05) is 13.1 Å². The van der Waals surface area contributed by atoms with Gasteiger partial charge in [-0.3, -0.25) is 4.90 Å². The summed E-state index contributed by atoms with van der Waals surface area (Å²) in [6, 6.07) is 23.1. The molecule has 0 N–H and O–H groups in total. The molecule has 0 radical (unpaired) electrons. The largest absolute Gasteiger partial charge is 0.299 e. The van der Waals surface area contributed by atoms with E-state index in [1.165, 1.54) is 5.56 Å². The molecule has 0 aliphatic heterocycles. The van der Waals surface area contributed by atoms with Crippen LogP contribution in [0.3, 0.4) is 0 Å². The van der Waals surface area contributed by atoms with Crippen LogP contribution in [0.2, 0.25) is 0 Å². The summed E-state index contributed by atoms with van der Waals surface area (Å²) in [5.74, 6) is 0. The Morgan fingerprint density at radius 3 is 2.14 bits per heavy atom. The highest BCUT2D eigenvalue weighted by Gasteiger charge is 2.26. The van der Waals surface area contributed by atoms with E-state index >= 15 is 0 Å². The predicted octanol–water partition coefficient (Wildman–Crippen LogP) is 4.38. The number of benzene rings is 2. The van der Waals surface area contributed by atoms with Crippen LogP contribution in [0.15, 0.2) is 60.7 Å². The molecule has 0 bridgehead atoms. The lowest BCUT2D eigenvalue weighted by atomic mass is 9.81. The van der Waals surface area contributed by atoms with Gasteiger partial charge in [-0.05, 0) is 31.0 Å². The maximum atomic E-state index is 9.65. The molecule has 0 spiro atoms. The van der Waals surface area contributed by atoms with Gasteiger partial charge in [0.1, 0.15) is 0 Å². The van der Waals surface area contributed by atoms with Crippen LogP contribution in [0.25, 0.3) is 0 Å². The second-order valence-electron chi connectivity index (χ2n) is 5.91. The average Bonchev–Trinajstić information content (AvgIpc) is 2.60. The molecule has 2 heteroatoms. The molecule has 22 heavy (non-hydrogen) atoms. The first kappa shape index (κ1) is 16.3. The Balaban J connectivity index is 2.01. The zero-order valence-electron chi connectivity index (χ0n) is 13.5. The first-order valence-corrected chi connectivity index (χ1v) is 7.91. The lowest BCUT2D eigenvalue weighted by Gasteiger charge is -2.27. The van der Waals surface area contributed by atoms with E-state index in [1.807, 2.05) is 31.2 Å². The van der Waals surface area contributed by atoms with Crippen LogP contribution >= 0.6 is 0 Å². The molecule has 2 aromatic rings. The van der Waals surface area contributed by atoms with Crippen LogP contribution in [0.5, 0.6) is 0 Å². The van der Waals surface area contributed by atoms with Crippen LogP contribution in [-0.4, -0.2) is 18.0 Å². The Labute approximate surface area is 134 Å². The predicted molar refractivity (Wildman–Crippen MR) is 91.4 cm³/mol. The van der Waals surface area contributed by atoms with E-state index in [-0.39, 0.29) is 0 Å². The third-order valence-electron chi connectivity index (χ3n) is 4.28. The molecule has 0 heterocycles. The minimum atomic E-state index is -0.425. The summed E-state index contributed by atoms with van der Waals surface area (Å²) >= 11 is 0. The number of nitriles is 1. The van der Waals surface area contributed by atoms with Crippen LogP contribution < -0.4 is 0 Å². The van der Waals surface area contributed by atoms with Gasteiger partial charge in [-0.2, -0.15) is 5.26 Å². The van der Waals surface area contributed by atoms with Crippen molar-refractivity contribution in [3.63, 3.8) is 0 Å². The first-order chi connectivity index (χ1) is 10.7. The number of hydrogen-bond donors (Lipinski definition) is 0. The van der Waals surface area contributed by atoms with E-state index in [0.717, 1.165) is 31.6 Å². The third kappa shape index (κ3) is 4.19. The maximum Gasteiger partial charge on any atom is 0.0806 e. The van der Waals surface area contributed by atoms with Gasteiger partial charge in [-0.25, -0.2) is 0 Å². The summed E-state index contributed by atoms with van der Waals surface area (Å²) in [4.78, 5) is 2.40. The Bertz CT molecular complexity index is 601. The zero-order chi connectivity index (χ0) is 15.8. The molecule has 0 aromatic heterocycles. The van der Waals surface area contributed by atoms with Crippen molar-refractivity contribution >= 4 is 0 Å². The van der Waals surface area contributed by atoms with Crippen LogP contribution in [0.4, 0.5) is 0 Å². The molecule has 0 aliphatic rings. The smallest absolute Gasteiger partial charge is 0.0806 e. The van der Waals surface area contributed by atoms with E-state index in [2.05, 4.69) is 54.3 Å². The van der Waals surface area contributed by atoms with E-state index < -0.39 is 5.41 Å². The molecule has 1 unspecified atom stereocenters. The van der Waals surface area contributed by atoms with E-state index in [4.69, 9.17) is 0 Å². The molecule has 0 aliphatic carbocycles. The maximum absolute atomic E-state index is 9.65. The SMILES string of the molecule is CCN(CCC(C)(C#N)c1ccccc1)Cc1ccccc1. The van der Waals surface area contributed by atoms with Crippen LogP contribution in [0.1, 0.15) is 31.4 Å². The number of nitrogens with zero attached hydrogens (tertiary/aromatic N) is 2. The summed E-state index contributed by atoms with van der Waals surface area (Å²) in [6.07, 6.45) is 0.841. The molecule has 0 amide bonds. The highest BCUT2D eigenvalue weighted by Crippen LogP contribution is 2.27. The van der Waals surface area contributed by atoms with Crippen molar-refractivity contribution in [1.29, 1.82) is 5.26 Å². The van der Waals surface area contributed by atoms with Gasteiger partial charge < -0.3 is 0 Å². The fourth-order valence-corrected chi connectivity index (χ4v) is 2.64. The van der Waals surface area contributed by atoms with Gasteiger partial charge in [-0.1, -0.05) is 67.6 Å². The first-order valence-electron chi connectivity index (χ1n) is 7.91. The number of hydrogen-bond acceptors (Lipinski definition) is 2. The van der Waals surface area contributed by atoms with E-state index in [1.54, 1.807) is 0 Å². The second-order valence-corrected chi connectivity index (χ2v) is 5.91. The standard InChI is InChI=1S/C20H24N2/c1-3-22(16-18-10-6-4-7-11-18)15-14-20(2,17-21)19-12-8-5-9-13-19/h4-13H,3,14-16H2,1-2H3. The number of rotatable bonds is 7. The van der Waals surface area contributed by atoms with E-state index in [9.17, 15) is 5.26 Å². The van der Waals surface area contributed by atoms with Gasteiger partial charge in [-0.15, -0.1) is 0 Å². The van der Waals surface area contributed by atoms with Crippen molar-refractivity contribution in [2.45, 2.75) is 32.2 Å². The topological polar surface area (TPSA) is 27.0 Å². The van der Waals surface area contributed by atoms with Gasteiger partial charge in [0.05, 0.1) is 11.5 Å². The Morgan fingerprint density at radius 2 is 1.59 bits per heavy atom. The highest BCUT2D eigenvalue weighted by molar-refractivity contribution is 5.31. The van der Waals surface area contributed by atoms with Crippen LogP contribution in [-0.2, 0) is 12.0 Å². The highest BCUT2D eigenvalue weighted by atomic mass is 15.1. The monoisotopic (exact) mass is 292 g/mol. The second kappa shape index (κ2) is 7.77. The normalized spacial score (nSPS) is 13.5. The van der Waals surface area contributed by atoms with Crippen molar-refractivity contribution in [3.8, 4) is 6.07 Å². The molecule has 1 atom stereocenters. The minimum absolute atomic E-state index is 0.425. The molecule has 0 saturated carbocycles. The van der Waals surface area contributed by atoms with Crippen molar-refractivity contribution in [3.05, 3.63) is 71.8 Å². The van der Waals surface area contributed by atoms with Gasteiger partial charge in [0.2, 0.25) is 0 Å². The Morgan fingerprint density at radius 1 is 1.00 bits per heavy atom. The van der Waals surface area contributed by atoms with Crippen molar-refractivity contribution in [2.75, 3.05) is 13.1 Å². The molecule has 0 saturated heterocycles. The fraction of sp³-hybridized carbons (Fsp3) is 0.350. The van der Waals surface area contributed by atoms with Crippen molar-refractivity contribution in [2.24, 2.45) is 0 Å². The lowest BCUT2D eigenvalue weighted by Crippen LogP contribution is -2.30. The van der Waals surface area contributed by atoms with Gasteiger partial charge in [0.25, 0.3) is 0 Å². The van der Waals surface area contributed by atoms with Crippen molar-refractivity contribution < 1.29 is 0 Å². The lowest BCUT2D eigenvalue weighted by molar-refractivity contribution is 0.259. The minimum Gasteiger partial charge on any atom is -0.299 e. The molecule has 2 aromatic carbocycles. The Hall–Kier alpha value is -2.11. The molecule has 114 valence electrons. The van der Waals surface area contributed by atoms with E-state index in [0.29, 0.717) is 0 Å². The van der Waals surface area contributed by atoms with Gasteiger partial charge in [0.15, 0.2) is 0 Å². The zero-order valence-corrected chi connectivity index (χ0v) is 13.5. The summed E-state index contributed by atoms with van der Waals surface area (Å²) in [5.41, 5.74) is 2.00. The van der Waals surface area contributed by atoms with Crippen molar-refractivity contribution in [1.82, 2.24) is 4.90 Å². The summed E-state index contributed by atoms with van der Waals surface area (Å²) in [6.45, 7) is 7.07. The molecular weight excluding hydrogens is 268 g/mol. The summed E-state index contributed by atoms with van der Waals surface area (Å²) < 4.78 is 0. The summed E-state index contributed by atoms with van der Waals surface area (Å²) in [7, 11) is 0.